The lowest BCUT2D eigenvalue weighted by Crippen LogP contribution is -3.00. The number of benzene rings is 1. The zero-order valence-electron chi connectivity index (χ0n) is 21.1. The summed E-state index contributed by atoms with van der Waals surface area (Å²) in [7, 11) is 2.48. The van der Waals surface area contributed by atoms with Crippen LogP contribution in [-0.4, -0.2) is 24.6 Å². The van der Waals surface area contributed by atoms with Gasteiger partial charge in [0.1, 0.15) is 6.54 Å². The Hall–Kier alpha value is -0.730. The fraction of sp³-hybridized carbons (Fsp3) is 0.786. The molecule has 2 N–H and O–H groups in total. The van der Waals surface area contributed by atoms with E-state index in [0.717, 1.165) is 12.2 Å². The van der Waals surface area contributed by atoms with Gasteiger partial charge in [0.2, 0.25) is 0 Å². The Labute approximate surface area is 201 Å². The quantitative estimate of drug-likeness (QED) is 0.158. The molecule has 1 aromatic rings. The van der Waals surface area contributed by atoms with Crippen molar-refractivity contribution in [2.24, 2.45) is 0 Å². The molecular formula is C28H53ClN2. The van der Waals surface area contributed by atoms with Crippen molar-refractivity contribution in [3.63, 3.8) is 0 Å². The Morgan fingerprint density at radius 3 is 1.32 bits per heavy atom. The van der Waals surface area contributed by atoms with E-state index in [2.05, 4.69) is 45.2 Å². The molecule has 31 heavy (non-hydrogen) atoms. The molecule has 1 aromatic carbocycles. The van der Waals surface area contributed by atoms with E-state index in [0.29, 0.717) is 0 Å². The molecule has 0 aromatic heterocycles. The predicted octanol–water partition coefficient (Wildman–Crippen LogP) is 5.50. The Bertz CT molecular complexity index is 480. The molecule has 0 saturated heterocycles. The van der Waals surface area contributed by atoms with Crippen LogP contribution in [0, 0.1) is 0 Å². The topological polar surface area (TPSA) is 26.0 Å². The zero-order chi connectivity index (χ0) is 21.9. The van der Waals surface area contributed by atoms with E-state index >= 15 is 0 Å². The highest BCUT2D eigenvalue weighted by atomic mass is 35.5. The molecule has 0 radical (unpaired) electrons. The van der Waals surface area contributed by atoms with Crippen molar-refractivity contribution in [1.29, 1.82) is 0 Å². The first-order chi connectivity index (χ1) is 14.6. The second-order valence-electron chi connectivity index (χ2n) is 9.92. The van der Waals surface area contributed by atoms with Gasteiger partial charge in [-0.2, -0.15) is 0 Å². The van der Waals surface area contributed by atoms with E-state index in [1.54, 1.807) is 0 Å². The van der Waals surface area contributed by atoms with Crippen molar-refractivity contribution in [1.82, 2.24) is 0 Å². The molecule has 0 fully saturated rings. The zero-order valence-corrected chi connectivity index (χ0v) is 21.9. The summed E-state index contributed by atoms with van der Waals surface area (Å²) in [6.07, 6.45) is 22.5. The Morgan fingerprint density at radius 1 is 0.581 bits per heavy atom. The second kappa shape index (κ2) is 19.9. The average molecular weight is 453 g/mol. The van der Waals surface area contributed by atoms with Gasteiger partial charge < -0.3 is 22.6 Å². The summed E-state index contributed by atoms with van der Waals surface area (Å²) in [6, 6.07) is 8.58. The number of quaternary nitrogens is 1. The molecule has 0 bridgehead atoms. The van der Waals surface area contributed by atoms with Gasteiger partial charge in [-0.1, -0.05) is 103 Å². The van der Waals surface area contributed by atoms with Gasteiger partial charge in [0.05, 0.1) is 20.1 Å². The van der Waals surface area contributed by atoms with Crippen LogP contribution >= 0.6 is 0 Å². The summed E-state index contributed by atoms with van der Waals surface area (Å²) >= 11 is 0. The highest BCUT2D eigenvalue weighted by molar-refractivity contribution is 5.39. The van der Waals surface area contributed by atoms with Gasteiger partial charge in [-0.05, 0) is 37.8 Å². The molecule has 0 heterocycles. The van der Waals surface area contributed by atoms with Crippen LogP contribution in [0.3, 0.4) is 0 Å². The third kappa shape index (κ3) is 16.5. The van der Waals surface area contributed by atoms with Gasteiger partial charge in [-0.3, -0.25) is 0 Å². The van der Waals surface area contributed by atoms with E-state index in [-0.39, 0.29) is 12.4 Å². The Morgan fingerprint density at radius 2 is 0.935 bits per heavy atom. The number of hydrogen-bond donors (Lipinski definition) is 1. The summed E-state index contributed by atoms with van der Waals surface area (Å²) in [6.45, 7) is 8.37. The first-order valence-corrected chi connectivity index (χ1v) is 13.3. The number of halogens is 1. The fourth-order valence-electron chi connectivity index (χ4n) is 4.59. The Kier molecular flexibility index (Phi) is 19.4. The molecule has 0 spiro atoms. The average Bonchev–Trinajstić information content (AvgIpc) is 2.74. The number of nitrogens with two attached hydrogens (primary N) is 1. The predicted molar refractivity (Wildman–Crippen MR) is 136 cm³/mol. The lowest BCUT2D eigenvalue weighted by atomic mass is 10.1. The van der Waals surface area contributed by atoms with Crippen LogP contribution in [0.25, 0.3) is 0 Å². The summed E-state index contributed by atoms with van der Waals surface area (Å²) in [5, 5.41) is 0. The van der Waals surface area contributed by atoms with Crippen LogP contribution in [0.4, 0.5) is 5.69 Å². The highest BCUT2D eigenvalue weighted by Crippen LogP contribution is 2.19. The number of hydrogen-bond acceptors (Lipinski definition) is 1. The van der Waals surface area contributed by atoms with Crippen molar-refractivity contribution >= 4 is 5.69 Å². The summed E-state index contributed by atoms with van der Waals surface area (Å²) in [5.74, 6) is 0. The third-order valence-electron chi connectivity index (χ3n) is 6.65. The number of nitrogen functional groups attached to an aromatic ring is 1. The van der Waals surface area contributed by atoms with Crippen molar-refractivity contribution in [3.8, 4) is 0 Å². The van der Waals surface area contributed by atoms with E-state index in [1.807, 2.05) is 0 Å². The van der Waals surface area contributed by atoms with E-state index in [9.17, 15) is 0 Å². The maximum atomic E-state index is 5.90. The molecule has 0 atom stereocenters. The number of nitrogens with zero attached hydrogens (tertiary/aromatic N) is 1. The van der Waals surface area contributed by atoms with E-state index < -0.39 is 0 Å². The smallest absolute Gasteiger partial charge is 0.104 e. The molecule has 0 unspecified atom stereocenters. The van der Waals surface area contributed by atoms with Crippen molar-refractivity contribution in [3.05, 3.63) is 29.8 Å². The molecule has 0 aliphatic rings. The first kappa shape index (κ1) is 30.3. The molecule has 2 nitrogen and oxygen atoms in total. The molecule has 0 amide bonds. The molecule has 1 rings (SSSR count). The van der Waals surface area contributed by atoms with Gasteiger partial charge in [-0.25, -0.2) is 0 Å². The molecule has 0 aliphatic heterocycles. The molecule has 182 valence electrons. The van der Waals surface area contributed by atoms with Crippen LogP contribution in [0.5, 0.6) is 0 Å². The molecule has 0 saturated carbocycles. The standard InChI is InChI=1S/C28H53N2.ClH/c1-4-6-8-10-12-14-16-18-24-30(3,26-27-20-22-28(29)23-21-27)25-19-17-15-13-11-9-7-5-2;/h20-23H,4-19,24-26,29H2,1-3H3;1H/q+1;/p-1. The lowest BCUT2D eigenvalue weighted by molar-refractivity contribution is -0.923. The first-order valence-electron chi connectivity index (χ1n) is 13.3. The fourth-order valence-corrected chi connectivity index (χ4v) is 4.59. The van der Waals surface area contributed by atoms with Crippen LogP contribution in [0.1, 0.15) is 122 Å². The summed E-state index contributed by atoms with van der Waals surface area (Å²) in [4.78, 5) is 0. The maximum absolute atomic E-state index is 5.90. The normalized spacial score (nSPS) is 11.5. The minimum absolute atomic E-state index is 0. The number of rotatable bonds is 20. The summed E-state index contributed by atoms with van der Waals surface area (Å²) < 4.78 is 1.19. The van der Waals surface area contributed by atoms with Gasteiger partial charge >= 0.3 is 0 Å². The minimum atomic E-state index is 0. The molecular weight excluding hydrogens is 400 g/mol. The van der Waals surface area contributed by atoms with Crippen LogP contribution < -0.4 is 18.1 Å². The van der Waals surface area contributed by atoms with Gasteiger partial charge in [0, 0.05) is 11.3 Å². The van der Waals surface area contributed by atoms with E-state index in [4.69, 9.17) is 5.73 Å². The monoisotopic (exact) mass is 452 g/mol. The largest absolute Gasteiger partial charge is 1.00 e. The molecule has 3 heteroatoms. The van der Waals surface area contributed by atoms with Crippen LogP contribution in [0.2, 0.25) is 0 Å². The number of anilines is 1. The third-order valence-corrected chi connectivity index (χ3v) is 6.65. The van der Waals surface area contributed by atoms with Crippen LogP contribution in [-0.2, 0) is 6.54 Å². The Balaban J connectivity index is 0.00000900. The van der Waals surface area contributed by atoms with Crippen molar-refractivity contribution < 1.29 is 16.9 Å². The summed E-state index contributed by atoms with van der Waals surface area (Å²) in [5.41, 5.74) is 8.21. The number of unbranched alkanes of at least 4 members (excludes halogenated alkanes) is 14. The highest BCUT2D eigenvalue weighted by Gasteiger charge is 2.21. The maximum Gasteiger partial charge on any atom is 0.104 e. The SMILES string of the molecule is CCCCCCCCCC[N+](C)(CCCCCCCCCC)Cc1ccc(N)cc1.[Cl-]. The van der Waals surface area contributed by atoms with Gasteiger partial charge in [0.25, 0.3) is 0 Å². The lowest BCUT2D eigenvalue weighted by Gasteiger charge is -2.35. The van der Waals surface area contributed by atoms with E-state index in [1.165, 1.54) is 126 Å². The minimum Gasteiger partial charge on any atom is -1.00 e. The van der Waals surface area contributed by atoms with Gasteiger partial charge in [-0.15, -0.1) is 0 Å². The van der Waals surface area contributed by atoms with Gasteiger partial charge in [0.15, 0.2) is 0 Å². The second-order valence-corrected chi connectivity index (χ2v) is 9.92. The van der Waals surface area contributed by atoms with Crippen molar-refractivity contribution in [2.45, 2.75) is 123 Å². The van der Waals surface area contributed by atoms with Crippen LogP contribution in [0.15, 0.2) is 24.3 Å². The molecule has 0 aliphatic carbocycles. The van der Waals surface area contributed by atoms with Crippen molar-refractivity contribution in [2.75, 3.05) is 25.9 Å².